The van der Waals surface area contributed by atoms with Crippen LogP contribution in [0.1, 0.15) is 24.9 Å². The van der Waals surface area contributed by atoms with Gasteiger partial charge in [-0.15, -0.1) is 11.8 Å². The lowest BCUT2D eigenvalue weighted by Crippen LogP contribution is -2.24. The summed E-state index contributed by atoms with van der Waals surface area (Å²) in [6.45, 7) is 3.15. The molecular weight excluding hydrogens is 290 g/mol. The molecule has 106 valence electrons. The molecule has 0 aliphatic carbocycles. The zero-order chi connectivity index (χ0) is 14.2. The summed E-state index contributed by atoms with van der Waals surface area (Å²) in [5, 5.41) is 4.31. The molecule has 0 aliphatic heterocycles. The van der Waals surface area contributed by atoms with Crippen LogP contribution in [0.25, 0.3) is 0 Å². The maximum atomic E-state index is 5.90. The van der Waals surface area contributed by atoms with Crippen LogP contribution in [0.5, 0.6) is 0 Å². The Bertz CT molecular complexity index is 504. The number of nitrogens with zero attached hydrogens (tertiary/aromatic N) is 2. The summed E-state index contributed by atoms with van der Waals surface area (Å²) in [6, 6.07) is 8.20. The van der Waals surface area contributed by atoms with E-state index in [1.807, 2.05) is 36.7 Å². The molecule has 0 amide bonds. The van der Waals surface area contributed by atoms with Gasteiger partial charge in [0, 0.05) is 39.7 Å². The molecule has 1 N–H and O–H groups in total. The van der Waals surface area contributed by atoms with Crippen molar-refractivity contribution in [3.63, 3.8) is 0 Å². The average molecular weight is 308 g/mol. The third kappa shape index (κ3) is 4.78. The van der Waals surface area contributed by atoms with Crippen LogP contribution in [0.4, 0.5) is 0 Å². The summed E-state index contributed by atoms with van der Waals surface area (Å²) >= 11 is 7.71. The zero-order valence-corrected chi connectivity index (χ0v) is 13.0. The molecule has 1 heterocycles. The second-order valence-electron chi connectivity index (χ2n) is 4.44. The first-order valence-corrected chi connectivity index (χ1v) is 8.02. The summed E-state index contributed by atoms with van der Waals surface area (Å²) in [4.78, 5) is 9.42. The van der Waals surface area contributed by atoms with Crippen LogP contribution in [-0.2, 0) is 0 Å². The summed E-state index contributed by atoms with van der Waals surface area (Å²) in [6.07, 6.45) is 6.42. The van der Waals surface area contributed by atoms with E-state index < -0.39 is 0 Å². The molecule has 0 saturated heterocycles. The molecule has 0 saturated carbocycles. The van der Waals surface area contributed by atoms with Crippen molar-refractivity contribution in [1.82, 2.24) is 15.3 Å². The maximum absolute atomic E-state index is 5.90. The van der Waals surface area contributed by atoms with Gasteiger partial charge in [0.2, 0.25) is 0 Å². The number of halogens is 1. The lowest BCUT2D eigenvalue weighted by Gasteiger charge is -2.17. The van der Waals surface area contributed by atoms with E-state index in [0.29, 0.717) is 0 Å². The standard InChI is InChI=1S/C15H18ClN3S/c1-2-7-19-15(12-8-17-11-18-9-12)10-20-14-5-3-13(16)4-6-14/h3-6,8-9,11,15,19H,2,7,10H2,1H3. The smallest absolute Gasteiger partial charge is 0.115 e. The molecule has 0 radical (unpaired) electrons. The molecule has 1 atom stereocenters. The van der Waals surface area contributed by atoms with E-state index in [1.54, 1.807) is 18.1 Å². The Morgan fingerprint density at radius 1 is 1.20 bits per heavy atom. The first-order valence-electron chi connectivity index (χ1n) is 6.66. The van der Waals surface area contributed by atoms with Crippen molar-refractivity contribution >= 4 is 23.4 Å². The van der Waals surface area contributed by atoms with Gasteiger partial charge in [-0.25, -0.2) is 9.97 Å². The lowest BCUT2D eigenvalue weighted by molar-refractivity contribution is 0.574. The highest BCUT2D eigenvalue weighted by Crippen LogP contribution is 2.25. The van der Waals surface area contributed by atoms with E-state index in [1.165, 1.54) is 4.90 Å². The van der Waals surface area contributed by atoms with Gasteiger partial charge in [0.05, 0.1) is 0 Å². The molecule has 2 aromatic rings. The molecule has 1 unspecified atom stereocenters. The van der Waals surface area contributed by atoms with Gasteiger partial charge in [0.15, 0.2) is 0 Å². The highest BCUT2D eigenvalue weighted by Gasteiger charge is 2.11. The largest absolute Gasteiger partial charge is 0.309 e. The van der Waals surface area contributed by atoms with Crippen LogP contribution in [0.15, 0.2) is 47.9 Å². The first-order chi connectivity index (χ1) is 9.79. The Hall–Kier alpha value is -1.10. The molecule has 0 aliphatic rings. The second kappa shape index (κ2) is 8.25. The van der Waals surface area contributed by atoms with Crippen molar-refractivity contribution in [3.8, 4) is 0 Å². The molecule has 2 rings (SSSR count). The van der Waals surface area contributed by atoms with E-state index in [-0.39, 0.29) is 6.04 Å². The van der Waals surface area contributed by atoms with Gasteiger partial charge in [-0.05, 0) is 37.2 Å². The number of hydrogen-bond acceptors (Lipinski definition) is 4. The van der Waals surface area contributed by atoms with Crippen molar-refractivity contribution < 1.29 is 0 Å². The topological polar surface area (TPSA) is 37.8 Å². The number of nitrogens with one attached hydrogen (secondary N) is 1. The van der Waals surface area contributed by atoms with Crippen molar-refractivity contribution in [2.45, 2.75) is 24.3 Å². The molecule has 0 spiro atoms. The summed E-state index contributed by atoms with van der Waals surface area (Å²) < 4.78 is 0. The Morgan fingerprint density at radius 3 is 2.55 bits per heavy atom. The molecule has 20 heavy (non-hydrogen) atoms. The van der Waals surface area contributed by atoms with Crippen LogP contribution >= 0.6 is 23.4 Å². The number of thioether (sulfide) groups is 1. The highest BCUT2D eigenvalue weighted by molar-refractivity contribution is 7.99. The van der Waals surface area contributed by atoms with E-state index in [9.17, 15) is 0 Å². The van der Waals surface area contributed by atoms with Crippen molar-refractivity contribution in [1.29, 1.82) is 0 Å². The van der Waals surface area contributed by atoms with Crippen LogP contribution in [0, 0.1) is 0 Å². The highest BCUT2D eigenvalue weighted by atomic mass is 35.5. The van der Waals surface area contributed by atoms with E-state index in [0.717, 1.165) is 29.3 Å². The Labute approximate surface area is 129 Å². The Morgan fingerprint density at radius 2 is 1.90 bits per heavy atom. The fourth-order valence-corrected chi connectivity index (χ4v) is 2.92. The van der Waals surface area contributed by atoms with Crippen LogP contribution in [0.3, 0.4) is 0 Å². The third-order valence-corrected chi connectivity index (χ3v) is 4.21. The van der Waals surface area contributed by atoms with Crippen molar-refractivity contribution in [2.75, 3.05) is 12.3 Å². The van der Waals surface area contributed by atoms with E-state index >= 15 is 0 Å². The molecular formula is C15H18ClN3S. The number of hydrogen-bond donors (Lipinski definition) is 1. The molecule has 5 heteroatoms. The molecule has 1 aromatic carbocycles. The minimum atomic E-state index is 0.261. The Balaban J connectivity index is 1.99. The number of aromatic nitrogens is 2. The second-order valence-corrected chi connectivity index (χ2v) is 5.97. The first kappa shape index (κ1) is 15.3. The third-order valence-electron chi connectivity index (χ3n) is 2.85. The van der Waals surface area contributed by atoms with Crippen LogP contribution < -0.4 is 5.32 Å². The number of benzene rings is 1. The Kier molecular flexibility index (Phi) is 6.30. The van der Waals surface area contributed by atoms with Gasteiger partial charge in [0.25, 0.3) is 0 Å². The van der Waals surface area contributed by atoms with Gasteiger partial charge < -0.3 is 5.32 Å². The normalized spacial score (nSPS) is 12.3. The fourth-order valence-electron chi connectivity index (χ4n) is 1.79. The number of rotatable bonds is 7. The quantitative estimate of drug-likeness (QED) is 0.786. The van der Waals surface area contributed by atoms with E-state index in [4.69, 9.17) is 11.6 Å². The predicted molar refractivity (Wildman–Crippen MR) is 85.2 cm³/mol. The summed E-state index contributed by atoms with van der Waals surface area (Å²) in [5.74, 6) is 0.939. The molecule has 1 aromatic heterocycles. The predicted octanol–water partition coefficient (Wildman–Crippen LogP) is 3.96. The summed E-state index contributed by atoms with van der Waals surface area (Å²) in [5.41, 5.74) is 1.13. The minimum absolute atomic E-state index is 0.261. The van der Waals surface area contributed by atoms with Gasteiger partial charge >= 0.3 is 0 Å². The molecule has 0 bridgehead atoms. The van der Waals surface area contributed by atoms with Crippen LogP contribution in [-0.4, -0.2) is 22.3 Å². The SMILES string of the molecule is CCCNC(CSc1ccc(Cl)cc1)c1cncnc1. The zero-order valence-electron chi connectivity index (χ0n) is 11.4. The van der Waals surface area contributed by atoms with Crippen molar-refractivity contribution in [3.05, 3.63) is 53.6 Å². The lowest BCUT2D eigenvalue weighted by atomic mass is 10.2. The van der Waals surface area contributed by atoms with Crippen molar-refractivity contribution in [2.24, 2.45) is 0 Å². The van der Waals surface area contributed by atoms with Gasteiger partial charge in [0.1, 0.15) is 6.33 Å². The van der Waals surface area contributed by atoms with E-state index in [2.05, 4.69) is 22.2 Å². The maximum Gasteiger partial charge on any atom is 0.115 e. The molecule has 3 nitrogen and oxygen atoms in total. The molecule has 0 fully saturated rings. The average Bonchev–Trinajstić information content (AvgIpc) is 2.50. The van der Waals surface area contributed by atoms with Crippen LogP contribution in [0.2, 0.25) is 5.02 Å². The van der Waals surface area contributed by atoms with Gasteiger partial charge in [-0.2, -0.15) is 0 Å². The summed E-state index contributed by atoms with van der Waals surface area (Å²) in [7, 11) is 0. The fraction of sp³-hybridized carbons (Fsp3) is 0.333. The minimum Gasteiger partial charge on any atom is -0.309 e. The van der Waals surface area contributed by atoms with Gasteiger partial charge in [-0.3, -0.25) is 0 Å². The monoisotopic (exact) mass is 307 g/mol. The van der Waals surface area contributed by atoms with Gasteiger partial charge in [-0.1, -0.05) is 18.5 Å².